The van der Waals surface area contributed by atoms with E-state index in [4.69, 9.17) is 10.8 Å². The molecule has 0 saturated heterocycles. The van der Waals surface area contributed by atoms with Crippen LogP contribution in [0, 0.1) is 0 Å². The fraction of sp³-hybridized carbons (Fsp3) is 0.200. The summed E-state index contributed by atoms with van der Waals surface area (Å²) in [6.07, 6.45) is -2.07. The molecule has 15 heavy (non-hydrogen) atoms. The smallest absolute Gasteiger partial charge is 0.398 e. The lowest BCUT2D eigenvalue weighted by Crippen LogP contribution is -2.08. The van der Waals surface area contributed by atoms with E-state index >= 15 is 0 Å². The molecule has 0 amide bonds. The number of aliphatic hydroxyl groups is 1. The number of anilines is 1. The molecule has 0 saturated carbocycles. The van der Waals surface area contributed by atoms with Crippen LogP contribution >= 0.6 is 0 Å². The minimum Gasteiger partial charge on any atom is -0.398 e. The summed E-state index contributed by atoms with van der Waals surface area (Å²) in [6, 6.07) is 3.58. The quantitative estimate of drug-likeness (QED) is 0.746. The highest BCUT2D eigenvalue weighted by molar-refractivity contribution is 5.68. The first-order valence-electron chi connectivity index (χ1n) is 4.20. The summed E-state index contributed by atoms with van der Waals surface area (Å²) in [5.41, 5.74) is 4.55. The Morgan fingerprint density at radius 1 is 1.33 bits per heavy atom. The number of halogens is 3. The third-order valence-electron chi connectivity index (χ3n) is 1.84. The maximum atomic E-state index is 12.5. The van der Waals surface area contributed by atoms with Gasteiger partial charge in [-0.1, -0.05) is 18.2 Å². The lowest BCUT2D eigenvalue weighted by Gasteiger charge is -2.11. The molecular formula is C10H10F3NO. The van der Waals surface area contributed by atoms with Crippen LogP contribution in [0.4, 0.5) is 18.9 Å². The summed E-state index contributed by atoms with van der Waals surface area (Å²) in [4.78, 5) is 0. The van der Waals surface area contributed by atoms with E-state index in [1.54, 1.807) is 0 Å². The first kappa shape index (κ1) is 11.6. The first-order valence-corrected chi connectivity index (χ1v) is 4.20. The largest absolute Gasteiger partial charge is 0.417 e. The fourth-order valence-electron chi connectivity index (χ4n) is 1.19. The molecule has 0 spiro atoms. The number of benzene rings is 1. The SMILES string of the molecule is Nc1cccc(C(F)(F)F)c1C=CCO. The molecule has 5 heteroatoms. The topological polar surface area (TPSA) is 46.2 Å². The number of hydrogen-bond donors (Lipinski definition) is 2. The second-order valence-corrected chi connectivity index (χ2v) is 2.89. The minimum absolute atomic E-state index is 0.0366. The van der Waals surface area contributed by atoms with E-state index in [2.05, 4.69) is 0 Å². The highest BCUT2D eigenvalue weighted by Gasteiger charge is 2.33. The van der Waals surface area contributed by atoms with Crippen LogP contribution in [0.1, 0.15) is 11.1 Å². The molecule has 0 aliphatic heterocycles. The van der Waals surface area contributed by atoms with Crippen molar-refractivity contribution in [2.24, 2.45) is 0 Å². The molecule has 3 N–H and O–H groups in total. The van der Waals surface area contributed by atoms with E-state index < -0.39 is 11.7 Å². The third kappa shape index (κ3) is 2.73. The second kappa shape index (κ2) is 4.35. The van der Waals surface area contributed by atoms with Crippen LogP contribution in [-0.2, 0) is 6.18 Å². The van der Waals surface area contributed by atoms with E-state index in [0.29, 0.717) is 0 Å². The van der Waals surface area contributed by atoms with E-state index in [-0.39, 0.29) is 17.9 Å². The van der Waals surface area contributed by atoms with Crippen molar-refractivity contribution >= 4 is 11.8 Å². The van der Waals surface area contributed by atoms with Crippen molar-refractivity contribution in [3.8, 4) is 0 Å². The van der Waals surface area contributed by atoms with Crippen LogP contribution in [0.3, 0.4) is 0 Å². The lowest BCUT2D eigenvalue weighted by molar-refractivity contribution is -0.137. The summed E-state index contributed by atoms with van der Waals surface area (Å²) >= 11 is 0. The van der Waals surface area contributed by atoms with Crippen molar-refractivity contribution in [3.63, 3.8) is 0 Å². The van der Waals surface area contributed by atoms with Crippen molar-refractivity contribution in [2.45, 2.75) is 6.18 Å². The molecule has 0 fully saturated rings. The van der Waals surface area contributed by atoms with E-state index in [1.807, 2.05) is 0 Å². The van der Waals surface area contributed by atoms with Gasteiger partial charge in [0.2, 0.25) is 0 Å². The van der Waals surface area contributed by atoms with Gasteiger partial charge in [-0.05, 0) is 12.1 Å². The molecule has 0 aromatic heterocycles. The average Bonchev–Trinajstić information content (AvgIpc) is 2.14. The number of nitrogens with two attached hydrogens (primary N) is 1. The summed E-state index contributed by atoms with van der Waals surface area (Å²) in [7, 11) is 0. The van der Waals surface area contributed by atoms with Gasteiger partial charge in [0.05, 0.1) is 12.2 Å². The molecule has 0 heterocycles. The number of aliphatic hydroxyl groups excluding tert-OH is 1. The summed E-state index contributed by atoms with van der Waals surface area (Å²) in [5, 5.41) is 8.50. The van der Waals surface area contributed by atoms with E-state index in [1.165, 1.54) is 18.2 Å². The number of alkyl halides is 3. The molecule has 82 valence electrons. The van der Waals surface area contributed by atoms with Crippen molar-refractivity contribution < 1.29 is 18.3 Å². The molecular weight excluding hydrogens is 207 g/mol. The van der Waals surface area contributed by atoms with Crippen molar-refractivity contribution in [1.29, 1.82) is 0 Å². The molecule has 0 bridgehead atoms. The molecule has 0 atom stereocenters. The Morgan fingerprint density at radius 2 is 2.00 bits per heavy atom. The maximum absolute atomic E-state index is 12.5. The predicted molar refractivity (Wildman–Crippen MR) is 52.0 cm³/mol. The van der Waals surface area contributed by atoms with Gasteiger partial charge in [-0.2, -0.15) is 13.2 Å². The Balaban J connectivity index is 3.27. The Hall–Kier alpha value is -1.49. The average molecular weight is 217 g/mol. The molecule has 0 unspecified atom stereocenters. The third-order valence-corrected chi connectivity index (χ3v) is 1.84. The highest BCUT2D eigenvalue weighted by Crippen LogP contribution is 2.34. The van der Waals surface area contributed by atoms with Gasteiger partial charge in [-0.3, -0.25) is 0 Å². The fourth-order valence-corrected chi connectivity index (χ4v) is 1.19. The Bertz CT molecular complexity index is 371. The van der Waals surface area contributed by atoms with Gasteiger partial charge < -0.3 is 10.8 Å². The van der Waals surface area contributed by atoms with Gasteiger partial charge in [-0.25, -0.2) is 0 Å². The van der Waals surface area contributed by atoms with Gasteiger partial charge >= 0.3 is 6.18 Å². The standard InChI is InChI=1S/C10H10F3NO/c11-10(12,13)8-4-1-5-9(14)7(8)3-2-6-15/h1-5,15H,6,14H2. The van der Waals surface area contributed by atoms with Gasteiger partial charge in [0, 0.05) is 11.3 Å². The van der Waals surface area contributed by atoms with Crippen molar-refractivity contribution in [1.82, 2.24) is 0 Å². The zero-order chi connectivity index (χ0) is 11.5. The van der Waals surface area contributed by atoms with Gasteiger partial charge in [0.15, 0.2) is 0 Å². The molecule has 1 aromatic rings. The lowest BCUT2D eigenvalue weighted by atomic mass is 10.0. The van der Waals surface area contributed by atoms with E-state index in [0.717, 1.165) is 12.1 Å². The summed E-state index contributed by atoms with van der Waals surface area (Å²) in [6.45, 7) is -0.328. The zero-order valence-electron chi connectivity index (χ0n) is 7.75. The van der Waals surface area contributed by atoms with Crippen molar-refractivity contribution in [3.05, 3.63) is 35.4 Å². The van der Waals surface area contributed by atoms with Crippen LogP contribution in [0.15, 0.2) is 24.3 Å². The molecule has 0 aliphatic rings. The number of hydrogen-bond acceptors (Lipinski definition) is 2. The number of rotatable bonds is 2. The molecule has 1 aromatic carbocycles. The van der Waals surface area contributed by atoms with Gasteiger partial charge in [0.1, 0.15) is 0 Å². The minimum atomic E-state index is -4.44. The second-order valence-electron chi connectivity index (χ2n) is 2.89. The predicted octanol–water partition coefficient (Wildman–Crippen LogP) is 2.29. The zero-order valence-corrected chi connectivity index (χ0v) is 7.75. The molecule has 2 nitrogen and oxygen atoms in total. The Morgan fingerprint density at radius 3 is 2.53 bits per heavy atom. The van der Waals surface area contributed by atoms with Crippen LogP contribution in [0.5, 0.6) is 0 Å². The van der Waals surface area contributed by atoms with Gasteiger partial charge in [0.25, 0.3) is 0 Å². The molecule has 0 radical (unpaired) electrons. The van der Waals surface area contributed by atoms with Crippen molar-refractivity contribution in [2.75, 3.05) is 12.3 Å². The first-order chi connectivity index (χ1) is 6.96. The molecule has 0 aliphatic carbocycles. The van der Waals surface area contributed by atoms with Crippen LogP contribution in [-0.4, -0.2) is 11.7 Å². The monoisotopic (exact) mass is 217 g/mol. The number of nitrogen functional groups attached to an aromatic ring is 1. The van der Waals surface area contributed by atoms with Crippen LogP contribution in [0.2, 0.25) is 0 Å². The van der Waals surface area contributed by atoms with Gasteiger partial charge in [-0.15, -0.1) is 0 Å². The normalized spacial score (nSPS) is 12.3. The maximum Gasteiger partial charge on any atom is 0.417 e. The Kier molecular flexibility index (Phi) is 3.36. The van der Waals surface area contributed by atoms with E-state index in [9.17, 15) is 13.2 Å². The van der Waals surface area contributed by atoms with Crippen LogP contribution in [0.25, 0.3) is 6.08 Å². The summed E-state index contributed by atoms with van der Waals surface area (Å²) in [5.74, 6) is 0. The molecule has 1 rings (SSSR count). The summed E-state index contributed by atoms with van der Waals surface area (Å²) < 4.78 is 37.5. The highest BCUT2D eigenvalue weighted by atomic mass is 19.4. The Labute approximate surface area is 84.8 Å². The van der Waals surface area contributed by atoms with Crippen LogP contribution < -0.4 is 5.73 Å².